The Morgan fingerprint density at radius 3 is 1.57 bits per heavy atom. The lowest BCUT2D eigenvalue weighted by atomic mass is 10.1. The number of hydrogen-bond donors (Lipinski definition) is 1. The Labute approximate surface area is 205 Å². The van der Waals surface area contributed by atoms with Crippen molar-refractivity contribution in [1.82, 2.24) is 4.31 Å². The van der Waals surface area contributed by atoms with Gasteiger partial charge in [-0.15, -0.1) is 0 Å². The number of nitrogens with zero attached hydrogens (tertiary/aromatic N) is 1. The van der Waals surface area contributed by atoms with Crippen LogP contribution in [0.15, 0.2) is 107 Å². The molecule has 0 radical (unpaired) electrons. The van der Waals surface area contributed by atoms with E-state index in [4.69, 9.17) is 0 Å². The molecule has 1 aliphatic carbocycles. The summed E-state index contributed by atoms with van der Waals surface area (Å²) in [4.78, 5) is 0.0136. The van der Waals surface area contributed by atoms with Crippen LogP contribution in [0.2, 0.25) is 0 Å². The third-order valence-corrected chi connectivity index (χ3v) is 8.80. The van der Waals surface area contributed by atoms with E-state index in [9.17, 15) is 21.4 Å². The van der Waals surface area contributed by atoms with Gasteiger partial charge in [0.05, 0.1) is 9.79 Å². The summed E-state index contributed by atoms with van der Waals surface area (Å²) >= 11 is 0. The lowest BCUT2D eigenvalue weighted by molar-refractivity contribution is 0.401. The van der Waals surface area contributed by atoms with Gasteiger partial charge in [0.15, 0.2) is 0 Å². The second-order valence-electron chi connectivity index (χ2n) is 8.53. The van der Waals surface area contributed by atoms with E-state index in [0.717, 1.165) is 33.4 Å². The molecule has 8 heteroatoms. The van der Waals surface area contributed by atoms with Gasteiger partial charge < -0.3 is 0 Å². The summed E-state index contributed by atoms with van der Waals surface area (Å²) in [7, 11) is -8.16. The molecular weight excluding hydrogens is 482 g/mol. The van der Waals surface area contributed by atoms with Crippen molar-refractivity contribution in [3.63, 3.8) is 0 Å². The second kappa shape index (κ2) is 9.05. The second-order valence-corrected chi connectivity index (χ2v) is 11.9. The SMILES string of the molecule is O=S(=O)(O)c1ccc2c(c1)Cc1cc(S(=O)(=O)N(Cc3ccccc3)Cc3ccccc3)ccc1-2. The zero-order valence-corrected chi connectivity index (χ0v) is 20.3. The summed E-state index contributed by atoms with van der Waals surface area (Å²) < 4.78 is 61.5. The van der Waals surface area contributed by atoms with Crippen molar-refractivity contribution in [2.45, 2.75) is 29.3 Å². The topological polar surface area (TPSA) is 91.7 Å². The lowest BCUT2D eigenvalue weighted by Gasteiger charge is -2.23. The molecule has 0 saturated carbocycles. The normalized spacial score (nSPS) is 13.0. The highest BCUT2D eigenvalue weighted by atomic mass is 32.2. The molecule has 0 heterocycles. The van der Waals surface area contributed by atoms with Gasteiger partial charge in [0, 0.05) is 13.1 Å². The van der Waals surface area contributed by atoms with E-state index in [-0.39, 0.29) is 22.9 Å². The maximum atomic E-state index is 13.8. The van der Waals surface area contributed by atoms with Crippen molar-refractivity contribution in [2.75, 3.05) is 0 Å². The average Bonchev–Trinajstić information content (AvgIpc) is 3.21. The van der Waals surface area contributed by atoms with E-state index in [1.54, 1.807) is 24.3 Å². The van der Waals surface area contributed by atoms with Gasteiger partial charge in [-0.25, -0.2) is 8.42 Å². The van der Waals surface area contributed by atoms with E-state index < -0.39 is 20.1 Å². The van der Waals surface area contributed by atoms with Crippen LogP contribution in [0.4, 0.5) is 0 Å². The highest BCUT2D eigenvalue weighted by Gasteiger charge is 2.28. The highest BCUT2D eigenvalue weighted by Crippen LogP contribution is 2.39. The van der Waals surface area contributed by atoms with Crippen LogP contribution in [0, 0.1) is 0 Å². The molecule has 6 nitrogen and oxygen atoms in total. The number of rotatable bonds is 7. The standard InChI is InChI=1S/C27H23NO5S2/c29-34(30,28(18-20-7-3-1-4-8-20)19-21-9-5-2-6-10-21)24-11-13-26-22(16-24)15-23-17-25(35(31,32)33)12-14-27(23)26/h1-14,16-17H,15,18-19H2,(H,31,32,33). The molecule has 5 rings (SSSR count). The third-order valence-electron chi connectivity index (χ3n) is 6.16. The molecule has 0 aromatic heterocycles. The fourth-order valence-corrected chi connectivity index (χ4v) is 6.43. The average molecular weight is 506 g/mol. The Morgan fingerprint density at radius 1 is 0.629 bits per heavy atom. The van der Waals surface area contributed by atoms with Gasteiger partial charge in [0.2, 0.25) is 10.0 Å². The summed E-state index contributed by atoms with van der Waals surface area (Å²) in [5.41, 5.74) is 5.00. The maximum absolute atomic E-state index is 13.8. The Hall–Kier alpha value is -3.30. The lowest BCUT2D eigenvalue weighted by Crippen LogP contribution is -2.30. The minimum atomic E-state index is -4.32. The molecule has 0 bridgehead atoms. The molecule has 0 saturated heterocycles. The molecule has 1 N–H and O–H groups in total. The van der Waals surface area contributed by atoms with Crippen molar-refractivity contribution in [2.24, 2.45) is 0 Å². The third kappa shape index (κ3) is 4.78. The van der Waals surface area contributed by atoms with E-state index in [2.05, 4.69) is 0 Å². The molecule has 0 atom stereocenters. The number of fused-ring (bicyclic) bond motifs is 3. The minimum Gasteiger partial charge on any atom is -0.282 e. The zero-order chi connectivity index (χ0) is 24.6. The summed E-state index contributed by atoms with van der Waals surface area (Å²) in [6, 6.07) is 28.4. The van der Waals surface area contributed by atoms with Crippen molar-refractivity contribution in [3.05, 3.63) is 119 Å². The largest absolute Gasteiger partial charge is 0.294 e. The van der Waals surface area contributed by atoms with Crippen molar-refractivity contribution >= 4 is 20.1 Å². The predicted octanol–water partition coefficient (Wildman–Crippen LogP) is 4.90. The van der Waals surface area contributed by atoms with Gasteiger partial charge >= 0.3 is 0 Å². The smallest absolute Gasteiger partial charge is 0.282 e. The first-order valence-electron chi connectivity index (χ1n) is 11.0. The Bertz CT molecular complexity index is 1560. The van der Waals surface area contributed by atoms with Crippen LogP contribution in [-0.2, 0) is 39.7 Å². The number of sulfonamides is 1. The maximum Gasteiger partial charge on any atom is 0.294 e. The fourth-order valence-electron chi connectivity index (χ4n) is 4.43. The molecule has 0 unspecified atom stereocenters. The molecule has 178 valence electrons. The van der Waals surface area contributed by atoms with Crippen LogP contribution in [0.3, 0.4) is 0 Å². The van der Waals surface area contributed by atoms with E-state index in [0.29, 0.717) is 6.42 Å². The molecule has 0 amide bonds. The van der Waals surface area contributed by atoms with Crippen LogP contribution < -0.4 is 0 Å². The summed E-state index contributed by atoms with van der Waals surface area (Å²) in [5, 5.41) is 0. The van der Waals surface area contributed by atoms with Crippen LogP contribution >= 0.6 is 0 Å². The monoisotopic (exact) mass is 505 g/mol. The molecule has 35 heavy (non-hydrogen) atoms. The van der Waals surface area contributed by atoms with E-state index >= 15 is 0 Å². The van der Waals surface area contributed by atoms with Crippen molar-refractivity contribution in [1.29, 1.82) is 0 Å². The van der Waals surface area contributed by atoms with Gasteiger partial charge in [-0.05, 0) is 64.1 Å². The summed E-state index contributed by atoms with van der Waals surface area (Å²) in [6.45, 7) is 0.459. The van der Waals surface area contributed by atoms with E-state index in [1.807, 2.05) is 60.7 Å². The molecular formula is C27H23NO5S2. The van der Waals surface area contributed by atoms with Crippen LogP contribution in [0.5, 0.6) is 0 Å². The van der Waals surface area contributed by atoms with Gasteiger partial charge in [-0.1, -0.05) is 72.8 Å². The predicted molar refractivity (Wildman–Crippen MR) is 134 cm³/mol. The van der Waals surface area contributed by atoms with Gasteiger partial charge in [-0.3, -0.25) is 4.55 Å². The quantitative estimate of drug-likeness (QED) is 0.318. The van der Waals surface area contributed by atoms with Crippen molar-refractivity contribution in [3.8, 4) is 11.1 Å². The van der Waals surface area contributed by atoms with Gasteiger partial charge in [-0.2, -0.15) is 12.7 Å². The highest BCUT2D eigenvalue weighted by molar-refractivity contribution is 7.89. The van der Waals surface area contributed by atoms with Crippen LogP contribution in [0.1, 0.15) is 22.3 Å². The molecule has 0 spiro atoms. The Kier molecular flexibility index (Phi) is 6.06. The zero-order valence-electron chi connectivity index (χ0n) is 18.7. The van der Waals surface area contributed by atoms with Crippen LogP contribution in [0.25, 0.3) is 11.1 Å². The number of hydrogen-bond acceptors (Lipinski definition) is 4. The molecule has 0 fully saturated rings. The van der Waals surface area contributed by atoms with Gasteiger partial charge in [0.1, 0.15) is 0 Å². The van der Waals surface area contributed by atoms with Gasteiger partial charge in [0.25, 0.3) is 10.1 Å². The molecule has 0 aliphatic heterocycles. The fraction of sp³-hybridized carbons (Fsp3) is 0.111. The molecule has 4 aromatic rings. The summed E-state index contributed by atoms with van der Waals surface area (Å²) in [5.74, 6) is 0. The van der Waals surface area contributed by atoms with E-state index in [1.165, 1.54) is 16.4 Å². The Balaban J connectivity index is 1.50. The molecule has 1 aliphatic rings. The Morgan fingerprint density at radius 2 is 1.09 bits per heavy atom. The first-order chi connectivity index (χ1) is 16.7. The molecule has 4 aromatic carbocycles. The minimum absolute atomic E-state index is 0.172. The van der Waals surface area contributed by atoms with Crippen molar-refractivity contribution < 1.29 is 21.4 Å². The first kappa shape index (κ1) is 23.4. The first-order valence-corrected chi connectivity index (χ1v) is 13.9. The number of benzene rings is 4. The summed E-state index contributed by atoms with van der Waals surface area (Å²) in [6.07, 6.45) is 0.384. The van der Waals surface area contributed by atoms with Crippen LogP contribution in [-0.4, -0.2) is 25.7 Å².